The second kappa shape index (κ2) is 6.83. The Morgan fingerprint density at radius 3 is 2.67 bits per heavy atom. The lowest BCUT2D eigenvalue weighted by Crippen LogP contribution is -2.33. The van der Waals surface area contributed by atoms with Gasteiger partial charge in [-0.25, -0.2) is 0 Å². The summed E-state index contributed by atoms with van der Waals surface area (Å²) >= 11 is 0. The Morgan fingerprint density at radius 2 is 2.00 bits per heavy atom. The molecule has 1 aliphatic rings. The molecule has 2 unspecified atom stereocenters. The van der Waals surface area contributed by atoms with Crippen LogP contribution in [0.1, 0.15) is 58.8 Å². The topological polar surface area (TPSA) is 35.5 Å². The van der Waals surface area contributed by atoms with Gasteiger partial charge in [0.25, 0.3) is 0 Å². The Kier molecular flexibility index (Phi) is 5.69. The maximum Gasteiger partial charge on any atom is 0.310 e. The van der Waals surface area contributed by atoms with Crippen LogP contribution >= 0.6 is 0 Å². The van der Waals surface area contributed by atoms with E-state index in [0.717, 1.165) is 12.8 Å². The van der Waals surface area contributed by atoms with Gasteiger partial charge in [-0.3, -0.25) is 4.79 Å². The first-order valence-corrected chi connectivity index (χ1v) is 6.07. The zero-order chi connectivity index (χ0) is 11.1. The van der Waals surface area contributed by atoms with Crippen LogP contribution in [0.3, 0.4) is 0 Å². The van der Waals surface area contributed by atoms with Gasteiger partial charge in [-0.15, -0.1) is 0 Å². The van der Waals surface area contributed by atoms with Gasteiger partial charge in [0.1, 0.15) is 0 Å². The van der Waals surface area contributed by atoms with Crippen molar-refractivity contribution in [2.75, 3.05) is 0 Å². The third-order valence-electron chi connectivity index (χ3n) is 2.64. The number of hydrogen-bond donors (Lipinski definition) is 0. The molecule has 1 fully saturated rings. The summed E-state index contributed by atoms with van der Waals surface area (Å²) in [5.74, 6) is -0.118. The molecule has 0 spiro atoms. The number of rotatable bonds is 6. The predicted molar refractivity (Wildman–Crippen MR) is 58.4 cm³/mol. The lowest BCUT2D eigenvalue weighted by Gasteiger charge is -2.27. The molecule has 3 heteroatoms. The molecule has 1 heterocycles. The van der Waals surface area contributed by atoms with Gasteiger partial charge >= 0.3 is 5.97 Å². The minimum Gasteiger partial charge on any atom is -0.436 e. The lowest BCUT2D eigenvalue weighted by molar-refractivity contribution is -0.214. The molecule has 0 N–H and O–H groups in total. The van der Waals surface area contributed by atoms with Gasteiger partial charge in [-0.05, 0) is 13.3 Å². The van der Waals surface area contributed by atoms with E-state index < -0.39 is 0 Å². The summed E-state index contributed by atoms with van der Waals surface area (Å²) in [6.07, 6.45) is 7.09. The number of cyclic esters (lactones) is 1. The van der Waals surface area contributed by atoms with E-state index in [1.54, 1.807) is 0 Å². The summed E-state index contributed by atoms with van der Waals surface area (Å²) in [4.78, 5) is 11.1. The second-order valence-corrected chi connectivity index (χ2v) is 4.27. The average Bonchev–Trinajstić information content (AvgIpc) is 2.16. The number of carbonyl (C=O) groups is 1. The van der Waals surface area contributed by atoms with Gasteiger partial charge < -0.3 is 9.47 Å². The molecule has 3 nitrogen and oxygen atoms in total. The Morgan fingerprint density at radius 1 is 1.27 bits per heavy atom. The summed E-state index contributed by atoms with van der Waals surface area (Å²) < 4.78 is 10.6. The first-order chi connectivity index (χ1) is 7.22. The van der Waals surface area contributed by atoms with Gasteiger partial charge in [-0.2, -0.15) is 0 Å². The average molecular weight is 214 g/mol. The highest BCUT2D eigenvalue weighted by Crippen LogP contribution is 2.18. The van der Waals surface area contributed by atoms with Crippen molar-refractivity contribution >= 4 is 5.97 Å². The van der Waals surface area contributed by atoms with Crippen LogP contribution in [-0.2, 0) is 14.3 Å². The zero-order valence-corrected chi connectivity index (χ0v) is 9.83. The Hall–Kier alpha value is -0.570. The van der Waals surface area contributed by atoms with Crippen LogP contribution in [-0.4, -0.2) is 18.4 Å². The van der Waals surface area contributed by atoms with Gasteiger partial charge in [0.05, 0.1) is 12.5 Å². The van der Waals surface area contributed by atoms with E-state index in [-0.39, 0.29) is 18.4 Å². The summed E-state index contributed by atoms with van der Waals surface area (Å²) in [7, 11) is 0. The molecule has 88 valence electrons. The van der Waals surface area contributed by atoms with E-state index in [2.05, 4.69) is 6.92 Å². The smallest absolute Gasteiger partial charge is 0.310 e. The molecule has 1 rings (SSSR count). The van der Waals surface area contributed by atoms with E-state index in [0.29, 0.717) is 6.42 Å². The van der Waals surface area contributed by atoms with E-state index in [9.17, 15) is 4.79 Å². The van der Waals surface area contributed by atoms with Crippen molar-refractivity contribution in [3.05, 3.63) is 0 Å². The number of esters is 1. The number of hydrogen-bond acceptors (Lipinski definition) is 3. The highest BCUT2D eigenvalue weighted by atomic mass is 16.7. The highest BCUT2D eigenvalue weighted by molar-refractivity contribution is 5.70. The maximum atomic E-state index is 11.1. The van der Waals surface area contributed by atoms with Crippen LogP contribution in [0.2, 0.25) is 0 Å². The fourth-order valence-electron chi connectivity index (χ4n) is 1.81. The summed E-state index contributed by atoms with van der Waals surface area (Å²) in [5, 5.41) is 0. The molecule has 0 aromatic carbocycles. The van der Waals surface area contributed by atoms with Gasteiger partial charge in [0.2, 0.25) is 6.29 Å². The molecular weight excluding hydrogens is 192 g/mol. The van der Waals surface area contributed by atoms with Crippen LogP contribution in [0.15, 0.2) is 0 Å². The van der Waals surface area contributed by atoms with Gasteiger partial charge in [-0.1, -0.05) is 32.6 Å². The van der Waals surface area contributed by atoms with Crippen molar-refractivity contribution in [2.45, 2.75) is 71.2 Å². The van der Waals surface area contributed by atoms with E-state index in [1.807, 2.05) is 6.92 Å². The third-order valence-corrected chi connectivity index (χ3v) is 2.64. The molecule has 0 aromatic heterocycles. The molecule has 1 saturated heterocycles. The van der Waals surface area contributed by atoms with E-state index in [1.165, 1.54) is 25.7 Å². The summed E-state index contributed by atoms with van der Waals surface area (Å²) in [6.45, 7) is 4.12. The first-order valence-electron chi connectivity index (χ1n) is 6.07. The lowest BCUT2D eigenvalue weighted by atomic mass is 10.1. The molecule has 0 aromatic rings. The maximum absolute atomic E-state index is 11.1. The SMILES string of the molecule is CCCCCCCC1OC(=O)CC(C)O1. The number of unbranched alkanes of at least 4 members (excludes halogenated alkanes) is 4. The molecule has 2 atom stereocenters. The van der Waals surface area contributed by atoms with E-state index in [4.69, 9.17) is 9.47 Å². The van der Waals surface area contributed by atoms with Gasteiger partial charge in [0, 0.05) is 6.42 Å². The molecule has 0 saturated carbocycles. The summed E-state index contributed by atoms with van der Waals surface area (Å²) in [5.41, 5.74) is 0. The minimum absolute atomic E-state index is 0.0203. The molecule has 1 aliphatic heterocycles. The van der Waals surface area contributed by atoms with Crippen LogP contribution in [0, 0.1) is 0 Å². The minimum atomic E-state index is -0.289. The summed E-state index contributed by atoms with van der Waals surface area (Å²) in [6, 6.07) is 0. The molecule has 15 heavy (non-hydrogen) atoms. The van der Waals surface area contributed by atoms with Crippen molar-refractivity contribution in [2.24, 2.45) is 0 Å². The van der Waals surface area contributed by atoms with Crippen LogP contribution in [0.5, 0.6) is 0 Å². The van der Waals surface area contributed by atoms with E-state index >= 15 is 0 Å². The largest absolute Gasteiger partial charge is 0.436 e. The quantitative estimate of drug-likeness (QED) is 0.503. The van der Waals surface area contributed by atoms with Crippen molar-refractivity contribution in [1.82, 2.24) is 0 Å². The van der Waals surface area contributed by atoms with Crippen molar-refractivity contribution in [3.63, 3.8) is 0 Å². The molecule has 0 radical (unpaired) electrons. The van der Waals surface area contributed by atoms with Crippen molar-refractivity contribution < 1.29 is 14.3 Å². The van der Waals surface area contributed by atoms with Gasteiger partial charge in [0.15, 0.2) is 0 Å². The fourth-order valence-corrected chi connectivity index (χ4v) is 1.81. The molecule has 0 bridgehead atoms. The third kappa shape index (κ3) is 5.17. The predicted octanol–water partition coefficient (Wildman–Crippen LogP) is 3.03. The second-order valence-electron chi connectivity index (χ2n) is 4.27. The highest BCUT2D eigenvalue weighted by Gasteiger charge is 2.25. The number of carbonyl (C=O) groups excluding carboxylic acids is 1. The Labute approximate surface area is 92.1 Å². The number of ether oxygens (including phenoxy) is 2. The Bertz CT molecular complexity index is 191. The van der Waals surface area contributed by atoms with Crippen LogP contribution in [0.25, 0.3) is 0 Å². The molecule has 0 aliphatic carbocycles. The van der Waals surface area contributed by atoms with Crippen molar-refractivity contribution in [1.29, 1.82) is 0 Å². The molecular formula is C12H22O3. The normalized spacial score (nSPS) is 26.4. The zero-order valence-electron chi connectivity index (χ0n) is 9.83. The molecule has 0 amide bonds. The van der Waals surface area contributed by atoms with Crippen LogP contribution in [0.4, 0.5) is 0 Å². The Balaban J connectivity index is 2.07. The standard InChI is InChI=1S/C12H22O3/c1-3-4-5-6-7-8-12-14-10(2)9-11(13)15-12/h10,12H,3-9H2,1-2H3. The van der Waals surface area contributed by atoms with Crippen molar-refractivity contribution in [3.8, 4) is 0 Å². The van der Waals surface area contributed by atoms with Crippen LogP contribution < -0.4 is 0 Å². The fraction of sp³-hybridized carbons (Fsp3) is 0.917. The first kappa shape index (κ1) is 12.5. The monoisotopic (exact) mass is 214 g/mol.